The molecule has 0 saturated carbocycles. The number of anilines is 1. The molecule has 2 atom stereocenters. The van der Waals surface area contributed by atoms with Gasteiger partial charge in [-0.25, -0.2) is 13.1 Å². The number of hydrogen-bond acceptors (Lipinski definition) is 4. The Bertz CT molecular complexity index is 673. The fourth-order valence-corrected chi connectivity index (χ4v) is 4.98. The molecule has 1 aromatic rings. The summed E-state index contributed by atoms with van der Waals surface area (Å²) < 4.78 is 27.9. The summed E-state index contributed by atoms with van der Waals surface area (Å²) in [6.07, 6.45) is 4.06. The van der Waals surface area contributed by atoms with Crippen LogP contribution in [-0.2, 0) is 14.8 Å². The molecule has 0 unspecified atom stereocenters. The number of carbonyl (C=O) groups excluding carboxylic acids is 1. The number of hydrogen-bond donors (Lipinski definition) is 2. The number of nitrogens with one attached hydrogen (secondary N) is 2. The first-order valence-corrected chi connectivity index (χ1v) is 9.45. The largest absolute Gasteiger partial charge is 0.326 e. The van der Waals surface area contributed by atoms with Crippen LogP contribution in [-0.4, -0.2) is 44.4 Å². The van der Waals surface area contributed by atoms with E-state index >= 15 is 0 Å². The molecule has 6 nitrogen and oxygen atoms in total. The summed E-state index contributed by atoms with van der Waals surface area (Å²) >= 11 is 0. The molecule has 2 fully saturated rings. The van der Waals surface area contributed by atoms with Gasteiger partial charge in [-0.05, 0) is 57.0 Å². The van der Waals surface area contributed by atoms with E-state index in [1.807, 2.05) is 0 Å². The van der Waals surface area contributed by atoms with Gasteiger partial charge in [0.2, 0.25) is 15.9 Å². The summed E-state index contributed by atoms with van der Waals surface area (Å²) in [6.45, 7) is 1.42. The van der Waals surface area contributed by atoms with Crippen LogP contribution in [0.5, 0.6) is 0 Å². The van der Waals surface area contributed by atoms with Crippen LogP contribution in [0.25, 0.3) is 0 Å². The Balaban J connectivity index is 1.68. The highest BCUT2D eigenvalue weighted by molar-refractivity contribution is 7.89. The lowest BCUT2D eigenvalue weighted by molar-refractivity contribution is -0.114. The zero-order valence-corrected chi connectivity index (χ0v) is 14.3. The molecule has 2 aliphatic heterocycles. The number of benzene rings is 1. The third-order valence-electron chi connectivity index (χ3n) is 4.91. The van der Waals surface area contributed by atoms with E-state index in [9.17, 15) is 13.2 Å². The summed E-state index contributed by atoms with van der Waals surface area (Å²) in [5, 5.41) is 2.63. The van der Waals surface area contributed by atoms with Crippen LogP contribution in [0, 0.1) is 0 Å². The molecule has 0 aromatic heterocycles. The van der Waals surface area contributed by atoms with Gasteiger partial charge in [0.1, 0.15) is 0 Å². The number of piperidine rings is 1. The normalized spacial score (nSPS) is 27.8. The summed E-state index contributed by atoms with van der Waals surface area (Å²) in [4.78, 5) is 13.6. The summed E-state index contributed by atoms with van der Waals surface area (Å²) in [5.41, 5.74) is 0.591. The molecule has 0 radical (unpaired) electrons. The third-order valence-corrected chi connectivity index (χ3v) is 6.44. The summed E-state index contributed by atoms with van der Waals surface area (Å²) in [5.74, 6) is -0.180. The van der Waals surface area contributed by atoms with Gasteiger partial charge < -0.3 is 10.2 Å². The monoisotopic (exact) mass is 337 g/mol. The number of fused-ring (bicyclic) bond motifs is 2. The first-order valence-electron chi connectivity index (χ1n) is 7.97. The molecule has 2 bridgehead atoms. The van der Waals surface area contributed by atoms with Crippen LogP contribution in [0.2, 0.25) is 0 Å². The van der Waals surface area contributed by atoms with Gasteiger partial charge in [-0.3, -0.25) is 4.79 Å². The molecule has 2 heterocycles. The SMILES string of the molecule is CC(=O)Nc1ccc(S(=O)(=O)NC2C[C@H]3CC[C@H](C2)N3C)cc1. The minimum atomic E-state index is -3.52. The average molecular weight is 337 g/mol. The van der Waals surface area contributed by atoms with Gasteiger partial charge in [0.05, 0.1) is 4.90 Å². The lowest BCUT2D eigenvalue weighted by atomic mass is 9.99. The van der Waals surface area contributed by atoms with E-state index in [1.54, 1.807) is 12.1 Å². The van der Waals surface area contributed by atoms with Crippen LogP contribution in [0.15, 0.2) is 29.2 Å². The van der Waals surface area contributed by atoms with Crippen molar-refractivity contribution in [1.29, 1.82) is 0 Å². The van der Waals surface area contributed by atoms with Gasteiger partial charge in [0, 0.05) is 30.7 Å². The van der Waals surface area contributed by atoms with Gasteiger partial charge in [0.15, 0.2) is 0 Å². The second-order valence-corrected chi connectivity index (χ2v) is 8.26. The van der Waals surface area contributed by atoms with Crippen LogP contribution >= 0.6 is 0 Å². The molecule has 2 saturated heterocycles. The Morgan fingerprint density at radius 1 is 1.13 bits per heavy atom. The predicted molar refractivity (Wildman–Crippen MR) is 88.7 cm³/mol. The van der Waals surface area contributed by atoms with Gasteiger partial charge in [0.25, 0.3) is 0 Å². The Kier molecular flexibility index (Phi) is 4.44. The maximum absolute atomic E-state index is 12.5. The fraction of sp³-hybridized carbons (Fsp3) is 0.562. The van der Waals surface area contributed by atoms with Gasteiger partial charge in [-0.1, -0.05) is 0 Å². The molecule has 126 valence electrons. The molecule has 1 amide bonds. The molecule has 23 heavy (non-hydrogen) atoms. The van der Waals surface area contributed by atoms with Crippen molar-refractivity contribution in [3.8, 4) is 0 Å². The van der Waals surface area contributed by atoms with E-state index in [4.69, 9.17) is 0 Å². The van der Waals surface area contributed by atoms with Gasteiger partial charge in [-0.2, -0.15) is 0 Å². The third kappa shape index (κ3) is 3.57. The predicted octanol–water partition coefficient (Wildman–Crippen LogP) is 1.55. The Morgan fingerprint density at radius 2 is 1.70 bits per heavy atom. The number of rotatable bonds is 4. The lowest BCUT2D eigenvalue weighted by Crippen LogP contribution is -2.48. The second-order valence-electron chi connectivity index (χ2n) is 6.55. The van der Waals surface area contributed by atoms with E-state index in [0.717, 1.165) is 25.7 Å². The van der Waals surface area contributed by atoms with Crippen LogP contribution in [0.1, 0.15) is 32.6 Å². The van der Waals surface area contributed by atoms with Crippen molar-refractivity contribution in [2.75, 3.05) is 12.4 Å². The number of amides is 1. The smallest absolute Gasteiger partial charge is 0.240 e. The van der Waals surface area contributed by atoms with Crippen molar-refractivity contribution >= 4 is 21.6 Å². The minimum absolute atomic E-state index is 0.00345. The molecular weight excluding hydrogens is 314 g/mol. The van der Waals surface area contributed by atoms with E-state index in [1.165, 1.54) is 19.1 Å². The lowest BCUT2D eigenvalue weighted by Gasteiger charge is -2.36. The minimum Gasteiger partial charge on any atom is -0.326 e. The fourth-order valence-electron chi connectivity index (χ4n) is 3.72. The first-order chi connectivity index (χ1) is 10.8. The summed E-state index contributed by atoms with van der Waals surface area (Å²) in [7, 11) is -1.39. The standard InChI is InChI=1S/C16H23N3O3S/c1-11(20)17-12-3-7-16(8-4-12)23(21,22)18-13-9-14-5-6-15(10-13)19(14)2/h3-4,7-8,13-15,18H,5-6,9-10H2,1-2H3,(H,17,20)/t14-,15-/m1/s1. The highest BCUT2D eigenvalue weighted by Crippen LogP contribution is 2.34. The number of sulfonamides is 1. The second kappa shape index (κ2) is 6.22. The molecule has 2 aliphatic rings. The zero-order valence-electron chi connectivity index (χ0n) is 13.5. The van der Waals surface area contributed by atoms with Crippen LogP contribution < -0.4 is 10.0 Å². The molecule has 0 aliphatic carbocycles. The van der Waals surface area contributed by atoms with Crippen molar-refractivity contribution in [2.45, 2.75) is 55.6 Å². The van der Waals surface area contributed by atoms with E-state index in [-0.39, 0.29) is 16.8 Å². The highest BCUT2D eigenvalue weighted by atomic mass is 32.2. The van der Waals surface area contributed by atoms with Crippen molar-refractivity contribution < 1.29 is 13.2 Å². The van der Waals surface area contributed by atoms with Gasteiger partial charge in [-0.15, -0.1) is 0 Å². The van der Waals surface area contributed by atoms with Crippen LogP contribution in [0.3, 0.4) is 0 Å². The first kappa shape index (κ1) is 16.4. The average Bonchev–Trinajstić information content (AvgIpc) is 2.70. The molecule has 0 spiro atoms. The Morgan fingerprint density at radius 3 is 2.22 bits per heavy atom. The van der Waals surface area contributed by atoms with Crippen molar-refractivity contribution in [3.05, 3.63) is 24.3 Å². The quantitative estimate of drug-likeness (QED) is 0.874. The molecule has 7 heteroatoms. The number of carbonyl (C=O) groups is 1. The summed E-state index contributed by atoms with van der Waals surface area (Å²) in [6, 6.07) is 7.24. The molecule has 2 N–H and O–H groups in total. The van der Waals surface area contributed by atoms with E-state index < -0.39 is 10.0 Å². The van der Waals surface area contributed by atoms with Crippen LogP contribution in [0.4, 0.5) is 5.69 Å². The topological polar surface area (TPSA) is 78.5 Å². The molecular formula is C16H23N3O3S. The maximum Gasteiger partial charge on any atom is 0.240 e. The van der Waals surface area contributed by atoms with Crippen molar-refractivity contribution in [3.63, 3.8) is 0 Å². The number of nitrogens with zero attached hydrogens (tertiary/aromatic N) is 1. The maximum atomic E-state index is 12.5. The Labute approximate surface area is 137 Å². The zero-order chi connectivity index (χ0) is 16.6. The van der Waals surface area contributed by atoms with Crippen molar-refractivity contribution in [2.24, 2.45) is 0 Å². The highest BCUT2D eigenvalue weighted by Gasteiger charge is 2.39. The van der Waals surface area contributed by atoms with E-state index in [0.29, 0.717) is 17.8 Å². The van der Waals surface area contributed by atoms with Gasteiger partial charge >= 0.3 is 0 Å². The Hall–Kier alpha value is -1.44. The molecule has 3 rings (SSSR count). The molecule has 1 aromatic carbocycles. The van der Waals surface area contributed by atoms with E-state index in [2.05, 4.69) is 22.0 Å². The van der Waals surface area contributed by atoms with Crippen molar-refractivity contribution in [1.82, 2.24) is 9.62 Å².